The van der Waals surface area contributed by atoms with Crippen LogP contribution in [0.15, 0.2) is 0 Å². The highest BCUT2D eigenvalue weighted by Crippen LogP contribution is 2.10. The maximum atomic E-state index is 11.9. The van der Waals surface area contributed by atoms with Crippen molar-refractivity contribution in [2.24, 2.45) is 11.8 Å². The van der Waals surface area contributed by atoms with E-state index in [1.807, 2.05) is 27.7 Å². The first kappa shape index (κ1) is 43.6. The van der Waals surface area contributed by atoms with Crippen LogP contribution in [-0.2, 0) is 14.2 Å². The van der Waals surface area contributed by atoms with Crippen LogP contribution in [0.1, 0.15) is 144 Å². The summed E-state index contributed by atoms with van der Waals surface area (Å²) in [4.78, 5) is 11.9. The number of carbonyl (C=O) groups is 1. The quantitative estimate of drug-likeness (QED) is 0.0895. The Kier molecular flexibility index (Phi) is 41.5. The minimum Gasteiger partial charge on any atom is -0.449 e. The summed E-state index contributed by atoms with van der Waals surface area (Å²) in [5.41, 5.74) is 0. The van der Waals surface area contributed by atoms with Crippen LogP contribution >= 0.6 is 0 Å². The van der Waals surface area contributed by atoms with Crippen LogP contribution in [0.4, 0.5) is 4.79 Å². The predicted molar refractivity (Wildman–Crippen MR) is 170 cm³/mol. The van der Waals surface area contributed by atoms with E-state index in [-0.39, 0.29) is 12.2 Å². The number of alkyl carbamates (subject to hydrolysis) is 1. The molecule has 7 heteroatoms. The van der Waals surface area contributed by atoms with E-state index in [0.29, 0.717) is 38.2 Å². The van der Waals surface area contributed by atoms with Gasteiger partial charge in [0, 0.05) is 33.5 Å². The maximum Gasteiger partial charge on any atom is 0.407 e. The molecule has 1 amide bonds. The molecule has 1 unspecified atom stereocenters. The van der Waals surface area contributed by atoms with E-state index >= 15 is 0 Å². The monoisotopic (exact) mass is 578 g/mol. The van der Waals surface area contributed by atoms with Gasteiger partial charge in [0.2, 0.25) is 0 Å². The van der Waals surface area contributed by atoms with E-state index in [0.717, 1.165) is 33.2 Å². The van der Waals surface area contributed by atoms with Gasteiger partial charge in [0.15, 0.2) is 0 Å². The second kappa shape index (κ2) is 38.1. The van der Waals surface area contributed by atoms with E-state index in [4.69, 9.17) is 24.4 Å². The lowest BCUT2D eigenvalue weighted by Gasteiger charge is -2.19. The lowest BCUT2D eigenvalue weighted by atomic mass is 10.1. The van der Waals surface area contributed by atoms with Gasteiger partial charge in [0.05, 0.1) is 19.3 Å². The summed E-state index contributed by atoms with van der Waals surface area (Å²) in [6.45, 7) is 15.7. The second-order valence-electron chi connectivity index (χ2n) is 11.5. The van der Waals surface area contributed by atoms with Gasteiger partial charge < -0.3 is 29.7 Å². The molecule has 0 aliphatic carbocycles. The van der Waals surface area contributed by atoms with Gasteiger partial charge in [-0.25, -0.2) is 4.79 Å². The van der Waals surface area contributed by atoms with Crippen LogP contribution in [0.25, 0.3) is 0 Å². The van der Waals surface area contributed by atoms with E-state index in [1.165, 1.54) is 89.9 Å². The Morgan fingerprint density at radius 2 is 1.07 bits per heavy atom. The Labute approximate surface area is 249 Å². The molecule has 0 rings (SSSR count). The number of ether oxygens (including phenoxy) is 3. The Hall–Kier alpha value is -0.890. The van der Waals surface area contributed by atoms with E-state index in [1.54, 1.807) is 0 Å². The summed E-state index contributed by atoms with van der Waals surface area (Å²) in [5, 5.41) is 18.0. The Morgan fingerprint density at radius 3 is 1.50 bits per heavy atom. The molecular formula is C33H71NO6. The largest absolute Gasteiger partial charge is 0.449 e. The molecule has 1 atom stereocenters. The van der Waals surface area contributed by atoms with Crippen molar-refractivity contribution in [3.63, 3.8) is 0 Å². The maximum absolute atomic E-state index is 11.9. The molecule has 7 nitrogen and oxygen atoms in total. The summed E-state index contributed by atoms with van der Waals surface area (Å²) in [6, 6.07) is 0. The van der Waals surface area contributed by atoms with E-state index in [9.17, 15) is 4.79 Å². The van der Waals surface area contributed by atoms with E-state index < -0.39 is 0 Å². The first-order valence-corrected chi connectivity index (χ1v) is 16.5. The van der Waals surface area contributed by atoms with Crippen LogP contribution < -0.4 is 5.32 Å². The molecule has 40 heavy (non-hydrogen) atoms. The Morgan fingerprint density at radius 1 is 0.650 bits per heavy atom. The third kappa shape index (κ3) is 41.6. The van der Waals surface area contributed by atoms with Gasteiger partial charge in [-0.2, -0.15) is 0 Å². The molecule has 0 bridgehead atoms. The number of unbranched alkanes of at least 4 members (excludes halogenated alkanes) is 14. The topological polar surface area (TPSA) is 97.3 Å². The van der Waals surface area contributed by atoms with Crippen molar-refractivity contribution < 1.29 is 29.2 Å². The first-order valence-electron chi connectivity index (χ1n) is 16.5. The SMILES string of the molecule is CC(C)CO.CCCCCCCCCCCOC(CNC(=O)OCC(C)C)COCCCCCCCCC.CO. The number of rotatable bonds is 26. The van der Waals surface area contributed by atoms with Crippen LogP contribution in [-0.4, -0.2) is 69.1 Å². The number of carbonyl (C=O) groups excluding carboxylic acids is 1. The van der Waals surface area contributed by atoms with Crippen LogP contribution in [0, 0.1) is 11.8 Å². The minimum absolute atomic E-state index is 0.116. The molecule has 0 heterocycles. The highest BCUT2D eigenvalue weighted by molar-refractivity contribution is 5.67. The molecule has 0 saturated heterocycles. The lowest BCUT2D eigenvalue weighted by Crippen LogP contribution is -2.37. The summed E-state index contributed by atoms with van der Waals surface area (Å²) in [5.74, 6) is 0.773. The average molecular weight is 578 g/mol. The average Bonchev–Trinajstić information content (AvgIpc) is 2.95. The van der Waals surface area contributed by atoms with Gasteiger partial charge in [0.25, 0.3) is 0 Å². The molecule has 244 valence electrons. The number of aliphatic hydroxyl groups is 2. The zero-order valence-corrected chi connectivity index (χ0v) is 27.8. The lowest BCUT2D eigenvalue weighted by molar-refractivity contribution is -0.0176. The number of aliphatic hydroxyl groups excluding tert-OH is 2. The molecule has 0 aliphatic rings. The third-order valence-corrected chi connectivity index (χ3v) is 6.18. The number of amides is 1. The standard InChI is InChI=1S/C28H57NO4.C4H10O.CH4O/c1-5-7-9-11-13-14-16-18-20-22-32-27(23-29-28(30)33-24-26(3)4)25-31-21-19-17-15-12-10-8-6-2;1-4(2)3-5;1-2/h26-27H,5-25H2,1-4H3,(H,29,30);4-5H,3H2,1-2H3;2H,1H3. The molecule has 0 fully saturated rings. The van der Waals surface area contributed by atoms with E-state index in [2.05, 4.69) is 19.2 Å². The molecule has 0 spiro atoms. The summed E-state index contributed by atoms with van der Waals surface area (Å²) in [6.07, 6.45) is 20.2. The van der Waals surface area contributed by atoms with Crippen LogP contribution in [0.5, 0.6) is 0 Å². The number of hydrogen-bond acceptors (Lipinski definition) is 6. The van der Waals surface area contributed by atoms with Gasteiger partial charge in [-0.15, -0.1) is 0 Å². The summed E-state index contributed by atoms with van der Waals surface area (Å²) in [7, 11) is 1.00. The zero-order chi connectivity index (χ0) is 30.7. The van der Waals surface area contributed by atoms with Gasteiger partial charge in [-0.3, -0.25) is 0 Å². The minimum atomic E-state index is -0.368. The van der Waals surface area contributed by atoms with Crippen molar-refractivity contribution in [1.29, 1.82) is 0 Å². The molecule has 0 aliphatic heterocycles. The van der Waals surface area contributed by atoms with Crippen LogP contribution in [0.3, 0.4) is 0 Å². The van der Waals surface area contributed by atoms with Gasteiger partial charge >= 0.3 is 6.09 Å². The summed E-state index contributed by atoms with van der Waals surface area (Å²) < 4.78 is 17.1. The molecule has 0 aromatic rings. The normalized spacial score (nSPS) is 11.5. The highest BCUT2D eigenvalue weighted by atomic mass is 16.6. The molecule has 0 aromatic carbocycles. The second-order valence-corrected chi connectivity index (χ2v) is 11.5. The highest BCUT2D eigenvalue weighted by Gasteiger charge is 2.12. The van der Waals surface area contributed by atoms with Crippen molar-refractivity contribution in [1.82, 2.24) is 5.32 Å². The van der Waals surface area contributed by atoms with Gasteiger partial charge in [-0.05, 0) is 24.7 Å². The summed E-state index contributed by atoms with van der Waals surface area (Å²) >= 11 is 0. The Balaban J connectivity index is -0.00000174. The van der Waals surface area contributed by atoms with Crippen molar-refractivity contribution in [2.75, 3.05) is 46.7 Å². The van der Waals surface area contributed by atoms with Crippen molar-refractivity contribution in [3.05, 3.63) is 0 Å². The smallest absolute Gasteiger partial charge is 0.407 e. The predicted octanol–water partition coefficient (Wildman–Crippen LogP) is 8.30. The third-order valence-electron chi connectivity index (χ3n) is 6.18. The molecule has 3 N–H and O–H groups in total. The fourth-order valence-electron chi connectivity index (χ4n) is 3.70. The van der Waals surface area contributed by atoms with Gasteiger partial charge in [0.1, 0.15) is 0 Å². The molecule has 0 radical (unpaired) electrons. The molecular weight excluding hydrogens is 506 g/mol. The van der Waals surface area contributed by atoms with Crippen molar-refractivity contribution >= 4 is 6.09 Å². The number of hydrogen-bond donors (Lipinski definition) is 3. The Bertz CT molecular complexity index is 462. The van der Waals surface area contributed by atoms with Gasteiger partial charge in [-0.1, -0.05) is 131 Å². The fourth-order valence-corrected chi connectivity index (χ4v) is 3.70. The number of nitrogens with one attached hydrogen (secondary N) is 1. The zero-order valence-electron chi connectivity index (χ0n) is 27.8. The van der Waals surface area contributed by atoms with Crippen LogP contribution in [0.2, 0.25) is 0 Å². The molecule has 0 aromatic heterocycles. The first-order chi connectivity index (χ1) is 19.4. The van der Waals surface area contributed by atoms with Crippen molar-refractivity contribution in [3.8, 4) is 0 Å². The van der Waals surface area contributed by atoms with Crippen molar-refractivity contribution in [2.45, 2.75) is 150 Å². The fraction of sp³-hybridized carbons (Fsp3) is 0.970. The molecule has 0 saturated carbocycles.